The summed E-state index contributed by atoms with van der Waals surface area (Å²) in [4.78, 5) is 24.5. The van der Waals surface area contributed by atoms with E-state index in [4.69, 9.17) is 0 Å². The van der Waals surface area contributed by atoms with Crippen LogP contribution in [0.4, 0.5) is 30.2 Å². The number of hydrogen-bond acceptors (Lipinski definition) is 4. The summed E-state index contributed by atoms with van der Waals surface area (Å²) in [6.07, 6.45) is -0.219. The molecular weight excluding hydrogens is 391 g/mol. The van der Waals surface area contributed by atoms with Gasteiger partial charge in [0.15, 0.2) is 0 Å². The minimum absolute atomic E-state index is 0.0536. The van der Waals surface area contributed by atoms with Crippen LogP contribution in [0.15, 0.2) is 41.3 Å². The fraction of sp³-hybridized carbons (Fsp3) is 0.263. The normalized spacial score (nSPS) is 16.0. The lowest BCUT2D eigenvalue weighted by atomic mass is 10.0. The first-order chi connectivity index (χ1) is 13.1. The molecule has 0 unspecified atom stereocenters. The number of aryl methyl sites for hydroxylation is 2. The first-order valence-electron chi connectivity index (χ1n) is 8.45. The first-order valence-corrected chi connectivity index (χ1v) is 9.27. The van der Waals surface area contributed by atoms with Gasteiger partial charge in [0.1, 0.15) is 6.04 Å². The number of amides is 2. The van der Waals surface area contributed by atoms with Crippen LogP contribution in [0.2, 0.25) is 0 Å². The van der Waals surface area contributed by atoms with Crippen molar-refractivity contribution >= 4 is 40.6 Å². The van der Waals surface area contributed by atoms with E-state index in [-0.39, 0.29) is 34.7 Å². The molecule has 0 saturated heterocycles. The van der Waals surface area contributed by atoms with Crippen LogP contribution in [0, 0.1) is 13.8 Å². The highest BCUT2D eigenvalue weighted by Gasteiger charge is 2.31. The third kappa shape index (κ3) is 4.78. The van der Waals surface area contributed by atoms with Gasteiger partial charge in [-0.3, -0.25) is 9.59 Å². The van der Waals surface area contributed by atoms with Crippen molar-refractivity contribution in [2.24, 2.45) is 0 Å². The van der Waals surface area contributed by atoms with Crippen LogP contribution < -0.4 is 16.0 Å². The highest BCUT2D eigenvalue weighted by molar-refractivity contribution is 8.00. The van der Waals surface area contributed by atoms with E-state index >= 15 is 0 Å². The molecule has 1 aliphatic rings. The van der Waals surface area contributed by atoms with Crippen molar-refractivity contribution in [2.75, 3.05) is 16.0 Å². The molecule has 5 nitrogen and oxygen atoms in total. The quantitative estimate of drug-likeness (QED) is 0.642. The number of carbonyl (C=O) groups excluding carboxylic acids is 2. The van der Waals surface area contributed by atoms with Crippen LogP contribution in [0.1, 0.15) is 17.5 Å². The number of alkyl halides is 3. The Morgan fingerprint density at radius 1 is 1.14 bits per heavy atom. The van der Waals surface area contributed by atoms with Gasteiger partial charge >= 0.3 is 5.51 Å². The lowest BCUT2D eigenvalue weighted by molar-refractivity contribution is -0.122. The molecule has 1 aliphatic heterocycles. The summed E-state index contributed by atoms with van der Waals surface area (Å²) in [6, 6.07) is 8.56. The van der Waals surface area contributed by atoms with Gasteiger partial charge in [0, 0.05) is 4.90 Å². The van der Waals surface area contributed by atoms with E-state index in [9.17, 15) is 22.8 Å². The molecule has 1 atom stereocenters. The molecule has 3 rings (SSSR count). The second kappa shape index (κ2) is 7.75. The van der Waals surface area contributed by atoms with Gasteiger partial charge in [0.2, 0.25) is 11.8 Å². The standard InChI is InChI=1S/C19H18F3N3O2S/c1-10-7-13-14(8-11(10)2)25-18(27)15(23-13)9-17(26)24-12-5-3-4-6-16(12)28-19(20,21)22/h3-8,15,23H,9H2,1-2H3,(H,24,26)(H,25,27)/t15-/m1/s1. The Balaban J connectivity index is 1.70. The number of anilines is 3. The number of thioether (sulfide) groups is 1. The highest BCUT2D eigenvalue weighted by Crippen LogP contribution is 2.40. The van der Waals surface area contributed by atoms with Crippen molar-refractivity contribution in [2.45, 2.75) is 36.7 Å². The second-order valence-corrected chi connectivity index (χ2v) is 7.57. The highest BCUT2D eigenvalue weighted by atomic mass is 32.2. The largest absolute Gasteiger partial charge is 0.446 e. The molecule has 28 heavy (non-hydrogen) atoms. The molecule has 0 aliphatic carbocycles. The van der Waals surface area contributed by atoms with Crippen molar-refractivity contribution in [1.82, 2.24) is 0 Å². The lowest BCUT2D eigenvalue weighted by Gasteiger charge is -2.27. The summed E-state index contributed by atoms with van der Waals surface area (Å²) in [5, 5.41) is 8.25. The predicted molar refractivity (Wildman–Crippen MR) is 104 cm³/mol. The summed E-state index contributed by atoms with van der Waals surface area (Å²) < 4.78 is 38.0. The Hall–Kier alpha value is -2.68. The minimum Gasteiger partial charge on any atom is -0.372 e. The maximum absolute atomic E-state index is 12.7. The van der Waals surface area contributed by atoms with E-state index in [0.717, 1.165) is 11.1 Å². The maximum atomic E-state index is 12.7. The van der Waals surface area contributed by atoms with Gasteiger partial charge in [-0.25, -0.2) is 0 Å². The molecule has 9 heteroatoms. The van der Waals surface area contributed by atoms with Gasteiger partial charge in [-0.05, 0) is 61.0 Å². The van der Waals surface area contributed by atoms with Crippen molar-refractivity contribution in [3.05, 3.63) is 47.5 Å². The van der Waals surface area contributed by atoms with Gasteiger partial charge in [0.05, 0.1) is 23.5 Å². The maximum Gasteiger partial charge on any atom is 0.446 e. The van der Waals surface area contributed by atoms with Gasteiger partial charge in [-0.2, -0.15) is 13.2 Å². The van der Waals surface area contributed by atoms with E-state index in [1.807, 2.05) is 26.0 Å². The molecule has 148 valence electrons. The van der Waals surface area contributed by atoms with Crippen LogP contribution in [-0.4, -0.2) is 23.4 Å². The average molecular weight is 409 g/mol. The average Bonchev–Trinajstić information content (AvgIpc) is 2.58. The summed E-state index contributed by atoms with van der Waals surface area (Å²) in [7, 11) is 0. The number of carbonyl (C=O) groups is 2. The molecule has 0 bridgehead atoms. The Bertz CT molecular complexity index is 931. The summed E-state index contributed by atoms with van der Waals surface area (Å²) in [5.74, 6) is -0.931. The van der Waals surface area contributed by atoms with Crippen molar-refractivity contribution in [3.8, 4) is 0 Å². The molecule has 2 aromatic carbocycles. The zero-order chi connectivity index (χ0) is 20.5. The van der Waals surface area contributed by atoms with E-state index in [0.29, 0.717) is 11.4 Å². The van der Waals surface area contributed by atoms with Crippen LogP contribution in [0.5, 0.6) is 0 Å². The smallest absolute Gasteiger partial charge is 0.372 e. The van der Waals surface area contributed by atoms with Crippen LogP contribution in [0.3, 0.4) is 0 Å². The number of rotatable bonds is 4. The molecule has 0 fully saturated rings. The number of benzene rings is 2. The molecule has 0 radical (unpaired) electrons. The van der Waals surface area contributed by atoms with Gasteiger partial charge in [-0.1, -0.05) is 12.1 Å². The molecule has 0 saturated carbocycles. The van der Waals surface area contributed by atoms with Gasteiger partial charge < -0.3 is 16.0 Å². The number of fused-ring (bicyclic) bond motifs is 1. The molecule has 2 aromatic rings. The molecular formula is C19H18F3N3O2S. The number of nitrogens with one attached hydrogen (secondary N) is 3. The minimum atomic E-state index is -4.47. The zero-order valence-corrected chi connectivity index (χ0v) is 15.9. The van der Waals surface area contributed by atoms with Gasteiger partial charge in [0.25, 0.3) is 0 Å². The van der Waals surface area contributed by atoms with Crippen molar-refractivity contribution in [1.29, 1.82) is 0 Å². The predicted octanol–water partition coefficient (Wildman–Crippen LogP) is 4.68. The van der Waals surface area contributed by atoms with Crippen LogP contribution >= 0.6 is 11.8 Å². The zero-order valence-electron chi connectivity index (χ0n) is 15.1. The number of para-hydroxylation sites is 1. The Morgan fingerprint density at radius 2 is 1.79 bits per heavy atom. The number of hydrogen-bond donors (Lipinski definition) is 3. The summed E-state index contributed by atoms with van der Waals surface area (Å²) >= 11 is -0.300. The monoisotopic (exact) mass is 409 g/mol. The topological polar surface area (TPSA) is 70.2 Å². The SMILES string of the molecule is Cc1cc2c(cc1C)N[C@H](CC(=O)Nc1ccccc1SC(F)(F)F)C(=O)N2. The molecule has 0 aromatic heterocycles. The Kier molecular flexibility index (Phi) is 5.55. The molecule has 1 heterocycles. The van der Waals surface area contributed by atoms with E-state index in [1.54, 1.807) is 0 Å². The number of halogens is 3. The Labute approximate surface area is 164 Å². The van der Waals surface area contributed by atoms with Crippen molar-refractivity contribution in [3.63, 3.8) is 0 Å². The van der Waals surface area contributed by atoms with Crippen LogP contribution in [-0.2, 0) is 9.59 Å². The second-order valence-electron chi connectivity index (χ2n) is 6.46. The van der Waals surface area contributed by atoms with E-state index in [1.165, 1.54) is 24.3 Å². The molecule has 2 amide bonds. The lowest BCUT2D eigenvalue weighted by Crippen LogP contribution is -2.41. The van der Waals surface area contributed by atoms with Crippen molar-refractivity contribution < 1.29 is 22.8 Å². The summed E-state index contributed by atoms with van der Waals surface area (Å²) in [5.41, 5.74) is -1.02. The molecule has 0 spiro atoms. The van der Waals surface area contributed by atoms with Gasteiger partial charge in [-0.15, -0.1) is 0 Å². The van der Waals surface area contributed by atoms with Crippen LogP contribution in [0.25, 0.3) is 0 Å². The third-order valence-corrected chi connectivity index (χ3v) is 5.12. The first kappa shape index (κ1) is 20.1. The third-order valence-electron chi connectivity index (χ3n) is 4.31. The van der Waals surface area contributed by atoms with E-state index < -0.39 is 17.5 Å². The van der Waals surface area contributed by atoms with E-state index in [2.05, 4.69) is 16.0 Å². The Morgan fingerprint density at radius 3 is 2.46 bits per heavy atom. The fourth-order valence-electron chi connectivity index (χ4n) is 2.83. The summed E-state index contributed by atoms with van der Waals surface area (Å²) in [6.45, 7) is 3.86. The molecule has 3 N–H and O–H groups in total. The fourth-order valence-corrected chi connectivity index (χ4v) is 3.45.